The van der Waals surface area contributed by atoms with Crippen molar-refractivity contribution in [2.24, 2.45) is 0 Å². The number of aryl methyl sites for hydroxylation is 1. The molecule has 1 atom stereocenters. The fourth-order valence-corrected chi connectivity index (χ4v) is 3.87. The number of halogens is 3. The summed E-state index contributed by atoms with van der Waals surface area (Å²) >= 11 is 0. The second kappa shape index (κ2) is 8.73. The number of aromatic nitrogens is 2. The number of imidazole rings is 1. The number of phenolic OH excluding ortho intramolecular Hbond substituents is 1. The Labute approximate surface area is 192 Å². The van der Waals surface area contributed by atoms with Gasteiger partial charge in [-0.05, 0) is 44.5 Å². The maximum Gasteiger partial charge on any atom is 0.416 e. The number of anilines is 1. The van der Waals surface area contributed by atoms with E-state index in [1.54, 1.807) is 6.20 Å². The summed E-state index contributed by atoms with van der Waals surface area (Å²) in [7, 11) is 0. The summed E-state index contributed by atoms with van der Waals surface area (Å²) in [5.74, 6) is 0.391. The van der Waals surface area contributed by atoms with Gasteiger partial charge in [0.15, 0.2) is 5.75 Å². The Morgan fingerprint density at radius 2 is 1.97 bits per heavy atom. The molecule has 2 heterocycles. The van der Waals surface area contributed by atoms with Crippen molar-refractivity contribution in [3.63, 3.8) is 0 Å². The number of β-amino-alcohol motifs (C(OH)–C–C–N with tert-alkyl or cyclic N) is 1. The van der Waals surface area contributed by atoms with E-state index in [1.807, 2.05) is 13.8 Å². The van der Waals surface area contributed by atoms with Crippen LogP contribution < -0.4 is 21.1 Å². The first-order valence-corrected chi connectivity index (χ1v) is 10.6. The van der Waals surface area contributed by atoms with Crippen molar-refractivity contribution < 1.29 is 28.1 Å². The third-order valence-corrected chi connectivity index (χ3v) is 5.79. The minimum absolute atomic E-state index is 0.0224. The lowest BCUT2D eigenvalue weighted by molar-refractivity contribution is -0.137. The molecule has 0 saturated heterocycles. The highest BCUT2D eigenvalue weighted by Crippen LogP contribution is 2.39. The SMILES string of the molecule is CC(C)(CCn1c(=O)[nH]c2cc(C(F)(F)F)ccc21)NCC(O)c1cc(O)cc2c1OC=CN2. The minimum Gasteiger partial charge on any atom is -0.508 e. The van der Waals surface area contributed by atoms with Gasteiger partial charge in [0.05, 0.1) is 28.4 Å². The first-order valence-electron chi connectivity index (χ1n) is 10.6. The van der Waals surface area contributed by atoms with Gasteiger partial charge in [-0.1, -0.05) is 0 Å². The number of aromatic hydroxyl groups is 1. The molecule has 11 heteroatoms. The molecule has 182 valence electrons. The molecule has 3 aromatic rings. The topological polar surface area (TPSA) is 112 Å². The average molecular weight is 478 g/mol. The number of aliphatic hydroxyl groups excluding tert-OH is 1. The van der Waals surface area contributed by atoms with Gasteiger partial charge < -0.3 is 30.6 Å². The number of alkyl halides is 3. The first kappa shape index (κ1) is 23.7. The van der Waals surface area contributed by atoms with Crippen LogP contribution in [-0.4, -0.2) is 31.8 Å². The third-order valence-electron chi connectivity index (χ3n) is 5.79. The normalized spacial score (nSPS) is 14.5. The van der Waals surface area contributed by atoms with Crippen molar-refractivity contribution in [3.05, 3.63) is 64.4 Å². The van der Waals surface area contributed by atoms with E-state index in [-0.39, 0.29) is 24.4 Å². The number of nitrogens with one attached hydrogen (secondary N) is 3. The van der Waals surface area contributed by atoms with Gasteiger partial charge >= 0.3 is 11.9 Å². The number of phenols is 1. The Kier molecular flexibility index (Phi) is 6.09. The van der Waals surface area contributed by atoms with Gasteiger partial charge in [0.25, 0.3) is 0 Å². The Morgan fingerprint density at radius 1 is 1.21 bits per heavy atom. The van der Waals surface area contributed by atoms with Crippen molar-refractivity contribution >= 4 is 16.7 Å². The number of fused-ring (bicyclic) bond motifs is 2. The fraction of sp³-hybridized carbons (Fsp3) is 0.348. The van der Waals surface area contributed by atoms with Crippen molar-refractivity contribution in [3.8, 4) is 11.5 Å². The first-order chi connectivity index (χ1) is 15.9. The lowest BCUT2D eigenvalue weighted by atomic mass is 9.99. The summed E-state index contributed by atoms with van der Waals surface area (Å²) in [6.07, 6.45) is -2.04. The van der Waals surface area contributed by atoms with Crippen LogP contribution in [0.2, 0.25) is 0 Å². The van der Waals surface area contributed by atoms with Crippen LogP contribution in [0.3, 0.4) is 0 Å². The second-order valence-corrected chi connectivity index (χ2v) is 8.82. The number of ether oxygens (including phenoxy) is 1. The van der Waals surface area contributed by atoms with Crippen molar-refractivity contribution in [2.75, 3.05) is 11.9 Å². The van der Waals surface area contributed by atoms with Gasteiger partial charge in [0.2, 0.25) is 0 Å². The van der Waals surface area contributed by atoms with Crippen LogP contribution in [0, 0.1) is 0 Å². The molecule has 8 nitrogen and oxygen atoms in total. The predicted molar refractivity (Wildman–Crippen MR) is 121 cm³/mol. The van der Waals surface area contributed by atoms with E-state index in [4.69, 9.17) is 4.74 Å². The summed E-state index contributed by atoms with van der Waals surface area (Å²) in [5.41, 5.74) is -0.407. The standard InChI is InChI=1S/C23H25F3N4O4/c1-22(2,28-12-19(32)15-10-14(31)11-17-20(15)34-8-6-27-17)5-7-30-18-4-3-13(23(24,25)26)9-16(18)29-21(30)33/h3-4,6,8-11,19,27-28,31-32H,5,7,12H2,1-2H3,(H,29,33). The highest BCUT2D eigenvalue weighted by Gasteiger charge is 2.31. The number of rotatable bonds is 7. The van der Waals surface area contributed by atoms with Gasteiger partial charge in [0.1, 0.15) is 12.0 Å². The molecule has 0 amide bonds. The lowest BCUT2D eigenvalue weighted by Gasteiger charge is -2.29. The van der Waals surface area contributed by atoms with Crippen molar-refractivity contribution in [1.29, 1.82) is 0 Å². The molecule has 5 N–H and O–H groups in total. The van der Waals surface area contributed by atoms with Gasteiger partial charge in [-0.15, -0.1) is 0 Å². The smallest absolute Gasteiger partial charge is 0.416 e. The third kappa shape index (κ3) is 4.90. The summed E-state index contributed by atoms with van der Waals surface area (Å²) < 4.78 is 45.8. The Morgan fingerprint density at radius 3 is 2.71 bits per heavy atom. The largest absolute Gasteiger partial charge is 0.508 e. The molecule has 0 fully saturated rings. The summed E-state index contributed by atoms with van der Waals surface area (Å²) in [6.45, 7) is 4.16. The van der Waals surface area contributed by atoms with Crippen LogP contribution in [0.5, 0.6) is 11.5 Å². The van der Waals surface area contributed by atoms with E-state index in [0.29, 0.717) is 28.9 Å². The van der Waals surface area contributed by atoms with E-state index in [1.165, 1.54) is 29.0 Å². The number of aromatic amines is 1. The quantitative estimate of drug-likeness (QED) is 0.353. The molecule has 0 bridgehead atoms. The number of hydrogen-bond donors (Lipinski definition) is 5. The zero-order chi connectivity index (χ0) is 24.7. The molecule has 0 saturated carbocycles. The average Bonchev–Trinajstić information content (AvgIpc) is 3.09. The number of H-pyrrole nitrogens is 1. The number of hydrogen-bond acceptors (Lipinski definition) is 6. The molecule has 34 heavy (non-hydrogen) atoms. The van der Waals surface area contributed by atoms with Crippen LogP contribution in [-0.2, 0) is 12.7 Å². The van der Waals surface area contributed by atoms with Gasteiger partial charge in [-0.25, -0.2) is 4.79 Å². The zero-order valence-corrected chi connectivity index (χ0v) is 18.5. The Hall–Kier alpha value is -3.44. The van der Waals surface area contributed by atoms with E-state index in [9.17, 15) is 28.2 Å². The molecule has 0 aliphatic carbocycles. The van der Waals surface area contributed by atoms with Crippen LogP contribution in [0.15, 0.2) is 47.6 Å². The minimum atomic E-state index is -4.49. The summed E-state index contributed by atoms with van der Waals surface area (Å²) in [5, 5.41) is 26.9. The maximum atomic E-state index is 13.0. The van der Waals surface area contributed by atoms with E-state index < -0.39 is 29.1 Å². The van der Waals surface area contributed by atoms with Gasteiger partial charge in [0, 0.05) is 36.5 Å². The highest BCUT2D eigenvalue weighted by molar-refractivity contribution is 5.76. The van der Waals surface area contributed by atoms with E-state index in [0.717, 1.165) is 12.1 Å². The Bertz CT molecular complexity index is 1290. The van der Waals surface area contributed by atoms with Crippen LogP contribution >= 0.6 is 0 Å². The molecule has 0 spiro atoms. The number of nitrogens with zero attached hydrogens (tertiary/aromatic N) is 1. The predicted octanol–water partition coefficient (Wildman–Crippen LogP) is 3.82. The molecule has 4 rings (SSSR count). The van der Waals surface area contributed by atoms with Crippen LogP contribution in [0.1, 0.15) is 37.5 Å². The molecule has 1 aliphatic rings. The molecule has 0 radical (unpaired) electrons. The van der Waals surface area contributed by atoms with Crippen molar-refractivity contribution in [1.82, 2.24) is 14.9 Å². The fourth-order valence-electron chi connectivity index (χ4n) is 3.87. The molecular weight excluding hydrogens is 453 g/mol. The van der Waals surface area contributed by atoms with E-state index in [2.05, 4.69) is 15.6 Å². The monoisotopic (exact) mass is 478 g/mol. The Balaban J connectivity index is 1.44. The van der Waals surface area contributed by atoms with Crippen LogP contribution in [0.4, 0.5) is 18.9 Å². The summed E-state index contributed by atoms with van der Waals surface area (Å²) in [6, 6.07) is 6.08. The molecule has 1 aliphatic heterocycles. The van der Waals surface area contributed by atoms with Crippen molar-refractivity contribution in [2.45, 2.75) is 44.6 Å². The number of aliphatic hydroxyl groups is 1. The van der Waals surface area contributed by atoms with E-state index >= 15 is 0 Å². The maximum absolute atomic E-state index is 13.0. The lowest BCUT2D eigenvalue weighted by Crippen LogP contribution is -2.42. The summed E-state index contributed by atoms with van der Waals surface area (Å²) in [4.78, 5) is 14.8. The van der Waals surface area contributed by atoms with Gasteiger partial charge in [-0.3, -0.25) is 4.57 Å². The van der Waals surface area contributed by atoms with Gasteiger partial charge in [-0.2, -0.15) is 13.2 Å². The zero-order valence-electron chi connectivity index (χ0n) is 18.5. The number of benzene rings is 2. The molecule has 1 unspecified atom stereocenters. The highest BCUT2D eigenvalue weighted by atomic mass is 19.4. The molecular formula is C23H25F3N4O4. The van der Waals surface area contributed by atoms with Crippen LogP contribution in [0.25, 0.3) is 11.0 Å². The molecule has 2 aromatic carbocycles. The molecule has 1 aromatic heterocycles. The second-order valence-electron chi connectivity index (χ2n) is 8.82.